The molecule has 0 radical (unpaired) electrons. The van der Waals surface area contributed by atoms with E-state index in [-0.39, 0.29) is 6.61 Å². The SMILES string of the molecule is O=c1on(OCC#Cc2ccc(Cl)cc2)oc1=O. The van der Waals surface area contributed by atoms with Gasteiger partial charge < -0.3 is 4.84 Å². The summed E-state index contributed by atoms with van der Waals surface area (Å²) in [4.78, 5) is 25.9. The number of nitrogens with zero attached hydrogens (tertiary/aromatic N) is 1. The third-order valence-electron chi connectivity index (χ3n) is 1.80. The third-order valence-corrected chi connectivity index (χ3v) is 2.05. The van der Waals surface area contributed by atoms with Gasteiger partial charge in [-0.15, -0.1) is 0 Å². The van der Waals surface area contributed by atoms with Crippen molar-refractivity contribution >= 4 is 11.6 Å². The lowest BCUT2D eigenvalue weighted by atomic mass is 10.2. The first kappa shape index (κ1) is 12.1. The summed E-state index contributed by atoms with van der Waals surface area (Å²) in [6.07, 6.45) is 0. The van der Waals surface area contributed by atoms with Crippen molar-refractivity contribution in [2.24, 2.45) is 0 Å². The molecule has 0 fully saturated rings. The number of halogens is 1. The van der Waals surface area contributed by atoms with Gasteiger partial charge in [0.05, 0.1) is 0 Å². The van der Waals surface area contributed by atoms with Crippen molar-refractivity contribution in [3.8, 4) is 11.8 Å². The highest BCUT2D eigenvalue weighted by Gasteiger charge is 2.03. The van der Waals surface area contributed by atoms with Crippen molar-refractivity contribution in [2.45, 2.75) is 0 Å². The number of rotatable bonds is 2. The average Bonchev–Trinajstić information content (AvgIpc) is 2.67. The molecule has 0 amide bonds. The van der Waals surface area contributed by atoms with Gasteiger partial charge in [-0.05, 0) is 24.3 Å². The third kappa shape index (κ3) is 3.06. The van der Waals surface area contributed by atoms with Crippen molar-refractivity contribution in [2.75, 3.05) is 6.61 Å². The average molecular weight is 268 g/mol. The molecule has 0 aliphatic heterocycles. The highest BCUT2D eigenvalue weighted by Crippen LogP contribution is 2.08. The minimum Gasteiger partial charge on any atom is -0.344 e. The molecule has 7 heteroatoms. The Hall–Kier alpha value is -2.39. The quantitative estimate of drug-likeness (QED) is 0.586. The Morgan fingerprint density at radius 3 is 2.39 bits per heavy atom. The summed E-state index contributed by atoms with van der Waals surface area (Å²) in [7, 11) is 0. The van der Waals surface area contributed by atoms with Gasteiger partial charge in [-0.1, -0.05) is 23.4 Å². The van der Waals surface area contributed by atoms with E-state index in [1.165, 1.54) is 0 Å². The fourth-order valence-electron chi connectivity index (χ4n) is 1.04. The van der Waals surface area contributed by atoms with Gasteiger partial charge in [0.2, 0.25) is 0 Å². The first-order valence-corrected chi connectivity index (χ1v) is 5.14. The van der Waals surface area contributed by atoms with E-state index in [0.29, 0.717) is 10.1 Å². The Kier molecular flexibility index (Phi) is 3.55. The molecule has 2 rings (SSSR count). The van der Waals surface area contributed by atoms with Crippen LogP contribution in [0.25, 0.3) is 0 Å². The largest absolute Gasteiger partial charge is 0.449 e. The molecule has 0 aliphatic carbocycles. The van der Waals surface area contributed by atoms with Crippen molar-refractivity contribution in [3.63, 3.8) is 0 Å². The van der Waals surface area contributed by atoms with E-state index < -0.39 is 11.3 Å². The molecule has 1 aromatic heterocycles. The van der Waals surface area contributed by atoms with Crippen LogP contribution in [0.15, 0.2) is 42.9 Å². The second kappa shape index (κ2) is 5.29. The van der Waals surface area contributed by atoms with Crippen LogP contribution in [0.2, 0.25) is 5.02 Å². The van der Waals surface area contributed by atoms with E-state index in [2.05, 4.69) is 20.9 Å². The van der Waals surface area contributed by atoms with E-state index in [1.807, 2.05) is 0 Å². The fraction of sp³-hybridized carbons (Fsp3) is 0.0909. The lowest BCUT2D eigenvalue weighted by molar-refractivity contribution is -0.135. The van der Waals surface area contributed by atoms with Gasteiger partial charge in [0, 0.05) is 10.6 Å². The molecule has 0 atom stereocenters. The number of benzene rings is 1. The monoisotopic (exact) mass is 267 g/mol. The standard InChI is InChI=1S/C11H6ClNO5/c12-9-5-3-8(4-6-9)2-1-7-16-13-17-10(14)11(15)18-13/h3-6H,7H2. The normalized spacial score (nSPS) is 9.61. The van der Waals surface area contributed by atoms with Crippen molar-refractivity contribution in [3.05, 3.63) is 55.7 Å². The minimum atomic E-state index is -1.14. The van der Waals surface area contributed by atoms with Crippen LogP contribution >= 0.6 is 11.6 Å². The predicted octanol–water partition coefficient (Wildman–Crippen LogP) is 0.528. The summed E-state index contributed by atoms with van der Waals surface area (Å²) in [6, 6.07) is 6.89. The van der Waals surface area contributed by atoms with E-state index in [4.69, 9.17) is 16.4 Å². The summed E-state index contributed by atoms with van der Waals surface area (Å²) in [6.45, 7) is -0.108. The summed E-state index contributed by atoms with van der Waals surface area (Å²) >= 11 is 5.71. The fourth-order valence-corrected chi connectivity index (χ4v) is 1.16. The Morgan fingerprint density at radius 2 is 1.78 bits per heavy atom. The zero-order chi connectivity index (χ0) is 13.0. The molecule has 0 aliphatic rings. The first-order valence-electron chi connectivity index (χ1n) is 4.77. The van der Waals surface area contributed by atoms with Crippen LogP contribution in [0, 0.1) is 11.8 Å². The molecule has 18 heavy (non-hydrogen) atoms. The predicted molar refractivity (Wildman–Crippen MR) is 61.3 cm³/mol. The Balaban J connectivity index is 1.95. The molecule has 0 bridgehead atoms. The van der Waals surface area contributed by atoms with Crippen LogP contribution in [0.1, 0.15) is 5.56 Å². The van der Waals surface area contributed by atoms with Crippen molar-refractivity contribution < 1.29 is 13.9 Å². The smallest absolute Gasteiger partial charge is 0.344 e. The molecule has 0 spiro atoms. The Bertz CT molecular complexity index is 670. The van der Waals surface area contributed by atoms with Gasteiger partial charge in [0.1, 0.15) is 5.08 Å². The van der Waals surface area contributed by atoms with Gasteiger partial charge in [-0.3, -0.25) is 9.05 Å². The maximum Gasteiger partial charge on any atom is 0.449 e. The zero-order valence-electron chi connectivity index (χ0n) is 8.88. The zero-order valence-corrected chi connectivity index (χ0v) is 9.64. The molecule has 1 heterocycles. The van der Waals surface area contributed by atoms with Crippen LogP contribution in [-0.4, -0.2) is 11.7 Å². The maximum absolute atomic E-state index is 10.6. The van der Waals surface area contributed by atoms with Crippen LogP contribution in [0.3, 0.4) is 0 Å². The lowest BCUT2D eigenvalue weighted by Gasteiger charge is -1.93. The van der Waals surface area contributed by atoms with Gasteiger partial charge in [0.25, 0.3) is 0 Å². The number of hydrogen-bond acceptors (Lipinski definition) is 5. The molecule has 0 N–H and O–H groups in total. The van der Waals surface area contributed by atoms with Crippen LogP contribution < -0.4 is 16.1 Å². The van der Waals surface area contributed by atoms with Gasteiger partial charge >= 0.3 is 11.3 Å². The lowest BCUT2D eigenvalue weighted by Crippen LogP contribution is -2.14. The highest BCUT2D eigenvalue weighted by molar-refractivity contribution is 6.30. The summed E-state index contributed by atoms with van der Waals surface area (Å²) in [5.41, 5.74) is -1.53. The van der Waals surface area contributed by atoms with Gasteiger partial charge in [-0.2, -0.15) is 0 Å². The molecule has 6 nitrogen and oxygen atoms in total. The topological polar surface area (TPSA) is 74.6 Å². The molecule has 0 saturated heterocycles. The number of hydrogen-bond donors (Lipinski definition) is 0. The summed E-state index contributed by atoms with van der Waals surface area (Å²) in [5, 5.41) is 0.939. The molecule has 92 valence electrons. The minimum absolute atomic E-state index is 0.108. The van der Waals surface area contributed by atoms with Crippen LogP contribution in [0.5, 0.6) is 0 Å². The Morgan fingerprint density at radius 1 is 1.17 bits per heavy atom. The van der Waals surface area contributed by atoms with E-state index >= 15 is 0 Å². The molecule has 0 saturated carbocycles. The molecule has 0 unspecified atom stereocenters. The van der Waals surface area contributed by atoms with Crippen molar-refractivity contribution in [1.29, 1.82) is 0 Å². The Labute approximate surface area is 105 Å². The van der Waals surface area contributed by atoms with Gasteiger partial charge in [0.15, 0.2) is 6.61 Å². The second-order valence-electron chi connectivity index (χ2n) is 3.06. The summed E-state index contributed by atoms with van der Waals surface area (Å²) < 4.78 is 8.51. The molecular weight excluding hydrogens is 262 g/mol. The first-order chi connectivity index (χ1) is 8.65. The van der Waals surface area contributed by atoms with E-state index in [9.17, 15) is 9.59 Å². The second-order valence-corrected chi connectivity index (χ2v) is 3.50. The highest BCUT2D eigenvalue weighted by atomic mass is 35.5. The van der Waals surface area contributed by atoms with E-state index in [0.717, 1.165) is 5.56 Å². The van der Waals surface area contributed by atoms with Crippen LogP contribution in [0.4, 0.5) is 0 Å². The van der Waals surface area contributed by atoms with Crippen LogP contribution in [-0.2, 0) is 0 Å². The number of aromatic nitrogens is 1. The molecular formula is C11H6ClNO5. The van der Waals surface area contributed by atoms with Crippen molar-refractivity contribution in [1.82, 2.24) is 5.08 Å². The molecule has 1 aromatic carbocycles. The maximum atomic E-state index is 10.6. The van der Waals surface area contributed by atoms with E-state index in [1.54, 1.807) is 24.3 Å². The summed E-state index contributed by atoms with van der Waals surface area (Å²) in [5.74, 6) is 5.42. The van der Waals surface area contributed by atoms with Gasteiger partial charge in [-0.25, -0.2) is 9.59 Å². The molecule has 2 aromatic rings.